The van der Waals surface area contributed by atoms with Crippen LogP contribution in [0.5, 0.6) is 0 Å². The number of aliphatic hydroxyl groups is 1. The number of hydrogen-bond donors (Lipinski definition) is 2. The zero-order valence-corrected chi connectivity index (χ0v) is 14.0. The largest absolute Gasteiger partial charge is 0.387 e. The number of sulfonamides is 1. The van der Waals surface area contributed by atoms with Crippen molar-refractivity contribution in [2.45, 2.75) is 17.2 Å². The van der Waals surface area contributed by atoms with Gasteiger partial charge in [0.2, 0.25) is 10.0 Å². The highest BCUT2D eigenvalue weighted by molar-refractivity contribution is 9.11. The molecular weight excluding hydrogens is 370 g/mol. The van der Waals surface area contributed by atoms with Crippen LogP contribution >= 0.6 is 38.6 Å². The van der Waals surface area contributed by atoms with E-state index in [1.54, 1.807) is 17.5 Å². The number of rotatable bonds is 5. The van der Waals surface area contributed by atoms with Gasteiger partial charge in [-0.1, -0.05) is 0 Å². The fraction of sp³-hybridized carbons (Fsp3) is 0.273. The molecule has 1 atom stereocenters. The van der Waals surface area contributed by atoms with E-state index in [-0.39, 0.29) is 10.8 Å². The van der Waals surface area contributed by atoms with Gasteiger partial charge in [0.1, 0.15) is 4.21 Å². The average Bonchev–Trinajstić information content (AvgIpc) is 2.98. The highest BCUT2D eigenvalue weighted by Gasteiger charge is 2.20. The molecule has 0 saturated heterocycles. The van der Waals surface area contributed by atoms with Gasteiger partial charge in [-0.25, -0.2) is 13.1 Å². The fourth-order valence-electron chi connectivity index (χ4n) is 1.41. The summed E-state index contributed by atoms with van der Waals surface area (Å²) >= 11 is 5.92. The molecule has 0 aliphatic rings. The Hall–Kier alpha value is -0.250. The average molecular weight is 382 g/mol. The highest BCUT2D eigenvalue weighted by Crippen LogP contribution is 2.30. The summed E-state index contributed by atoms with van der Waals surface area (Å²) in [6, 6.07) is 3.38. The maximum atomic E-state index is 12.0. The molecular formula is C11H12BrNO3S3. The van der Waals surface area contributed by atoms with Crippen molar-refractivity contribution in [3.05, 3.63) is 37.8 Å². The molecule has 19 heavy (non-hydrogen) atoms. The van der Waals surface area contributed by atoms with Crippen LogP contribution in [0.3, 0.4) is 0 Å². The molecule has 2 heterocycles. The highest BCUT2D eigenvalue weighted by atomic mass is 79.9. The standard InChI is InChI=1S/C11H12BrNO3S3/c1-7-4-10(18-11(7)12)19(15,16)13-5-9(14)8-2-3-17-6-8/h2-4,6,9,13-14H,5H2,1H3. The maximum Gasteiger partial charge on any atom is 0.250 e. The second-order valence-corrected chi connectivity index (χ2v) is 9.09. The first-order chi connectivity index (χ1) is 8.90. The molecule has 2 rings (SSSR count). The molecule has 2 aromatic heterocycles. The smallest absolute Gasteiger partial charge is 0.250 e. The van der Waals surface area contributed by atoms with Crippen molar-refractivity contribution >= 4 is 48.6 Å². The van der Waals surface area contributed by atoms with Crippen LogP contribution < -0.4 is 4.72 Å². The van der Waals surface area contributed by atoms with E-state index in [4.69, 9.17) is 0 Å². The predicted octanol–water partition coefficient (Wildman–Crippen LogP) is 2.89. The van der Waals surface area contributed by atoms with Crippen LogP contribution in [0.4, 0.5) is 0 Å². The molecule has 0 aliphatic carbocycles. The Bertz CT molecular complexity index is 629. The lowest BCUT2D eigenvalue weighted by molar-refractivity contribution is 0.182. The molecule has 0 fully saturated rings. The van der Waals surface area contributed by atoms with Gasteiger partial charge in [0, 0.05) is 6.54 Å². The fourth-order valence-corrected chi connectivity index (χ4v) is 5.42. The zero-order valence-electron chi connectivity index (χ0n) is 9.96. The van der Waals surface area contributed by atoms with Crippen LogP contribution in [0.25, 0.3) is 0 Å². The summed E-state index contributed by atoms with van der Waals surface area (Å²) in [4.78, 5) is 0. The van der Waals surface area contributed by atoms with E-state index >= 15 is 0 Å². The third-order valence-corrected chi connectivity index (χ3v) is 7.23. The Kier molecular flexibility index (Phi) is 4.80. The van der Waals surface area contributed by atoms with Crippen LogP contribution in [0.2, 0.25) is 0 Å². The van der Waals surface area contributed by atoms with Gasteiger partial charge in [-0.05, 0) is 56.9 Å². The van der Waals surface area contributed by atoms with Crippen LogP contribution in [0, 0.1) is 6.92 Å². The second-order valence-electron chi connectivity index (χ2n) is 3.95. The maximum absolute atomic E-state index is 12.0. The topological polar surface area (TPSA) is 66.4 Å². The van der Waals surface area contributed by atoms with Crippen LogP contribution in [-0.2, 0) is 10.0 Å². The summed E-state index contributed by atoms with van der Waals surface area (Å²) in [5.74, 6) is 0. The third kappa shape index (κ3) is 3.65. The Labute approximate surface area is 128 Å². The molecule has 0 aliphatic heterocycles. The molecule has 2 aromatic rings. The lowest BCUT2D eigenvalue weighted by Crippen LogP contribution is -2.27. The van der Waals surface area contributed by atoms with E-state index in [9.17, 15) is 13.5 Å². The summed E-state index contributed by atoms with van der Waals surface area (Å²) in [7, 11) is -3.57. The number of hydrogen-bond acceptors (Lipinski definition) is 5. The molecule has 0 spiro atoms. The van der Waals surface area contributed by atoms with Crippen LogP contribution in [-0.4, -0.2) is 20.1 Å². The molecule has 4 nitrogen and oxygen atoms in total. The van der Waals surface area contributed by atoms with Crippen LogP contribution in [0.15, 0.2) is 30.9 Å². The zero-order chi connectivity index (χ0) is 14.0. The third-order valence-electron chi connectivity index (χ3n) is 2.49. The molecule has 104 valence electrons. The molecule has 0 bridgehead atoms. The number of aryl methyl sites for hydroxylation is 1. The van der Waals surface area contributed by atoms with E-state index in [0.29, 0.717) is 0 Å². The Morgan fingerprint density at radius 2 is 2.26 bits per heavy atom. The van der Waals surface area contributed by atoms with Crippen molar-refractivity contribution in [2.24, 2.45) is 0 Å². The second kappa shape index (κ2) is 6.02. The summed E-state index contributed by atoms with van der Waals surface area (Å²) < 4.78 is 27.5. The first-order valence-corrected chi connectivity index (χ1v) is 9.39. The summed E-state index contributed by atoms with van der Waals surface area (Å²) in [6.45, 7) is 1.80. The van der Waals surface area contributed by atoms with Crippen molar-refractivity contribution in [1.82, 2.24) is 4.72 Å². The molecule has 8 heteroatoms. The molecule has 0 amide bonds. The van der Waals surface area contributed by atoms with Gasteiger partial charge in [0.25, 0.3) is 0 Å². The van der Waals surface area contributed by atoms with E-state index in [2.05, 4.69) is 20.7 Å². The van der Waals surface area contributed by atoms with Gasteiger partial charge < -0.3 is 5.11 Å². The van der Waals surface area contributed by atoms with E-state index < -0.39 is 16.1 Å². The van der Waals surface area contributed by atoms with Crippen molar-refractivity contribution in [1.29, 1.82) is 0 Å². The molecule has 0 radical (unpaired) electrons. The van der Waals surface area contributed by atoms with Gasteiger partial charge in [-0.3, -0.25) is 0 Å². The minimum absolute atomic E-state index is 0.0341. The van der Waals surface area contributed by atoms with Crippen molar-refractivity contribution in [3.63, 3.8) is 0 Å². The molecule has 2 N–H and O–H groups in total. The number of aliphatic hydroxyl groups excluding tert-OH is 1. The quantitative estimate of drug-likeness (QED) is 0.836. The number of thiophene rings is 2. The normalized spacial score (nSPS) is 13.6. The van der Waals surface area contributed by atoms with E-state index in [0.717, 1.165) is 26.3 Å². The first-order valence-electron chi connectivity index (χ1n) is 5.36. The van der Waals surface area contributed by atoms with Crippen molar-refractivity contribution in [2.75, 3.05) is 6.54 Å². The number of nitrogens with one attached hydrogen (secondary N) is 1. The van der Waals surface area contributed by atoms with Gasteiger partial charge in [-0.15, -0.1) is 11.3 Å². The van der Waals surface area contributed by atoms with Crippen molar-refractivity contribution < 1.29 is 13.5 Å². The van der Waals surface area contributed by atoms with Crippen molar-refractivity contribution in [3.8, 4) is 0 Å². The minimum atomic E-state index is -3.57. The predicted molar refractivity (Wildman–Crippen MR) is 81.2 cm³/mol. The summed E-state index contributed by atoms with van der Waals surface area (Å²) in [5, 5.41) is 13.5. The Morgan fingerprint density at radius 3 is 2.79 bits per heavy atom. The Balaban J connectivity index is 2.06. The SMILES string of the molecule is Cc1cc(S(=O)(=O)NCC(O)c2ccsc2)sc1Br. The van der Waals surface area contributed by atoms with E-state index in [1.807, 2.05) is 12.3 Å². The number of halogens is 1. The van der Waals surface area contributed by atoms with Gasteiger partial charge in [0.05, 0.1) is 9.89 Å². The lowest BCUT2D eigenvalue weighted by atomic mass is 10.2. The van der Waals surface area contributed by atoms with E-state index in [1.165, 1.54) is 11.3 Å². The van der Waals surface area contributed by atoms with Gasteiger partial charge in [0.15, 0.2) is 0 Å². The summed E-state index contributed by atoms with van der Waals surface area (Å²) in [6.07, 6.45) is -0.828. The summed E-state index contributed by atoms with van der Waals surface area (Å²) in [5.41, 5.74) is 1.60. The Morgan fingerprint density at radius 1 is 1.53 bits per heavy atom. The van der Waals surface area contributed by atoms with Gasteiger partial charge >= 0.3 is 0 Å². The lowest BCUT2D eigenvalue weighted by Gasteiger charge is -2.10. The molecule has 0 saturated carbocycles. The molecule has 1 unspecified atom stereocenters. The van der Waals surface area contributed by atoms with Crippen LogP contribution in [0.1, 0.15) is 17.2 Å². The van der Waals surface area contributed by atoms with Gasteiger partial charge in [-0.2, -0.15) is 11.3 Å². The minimum Gasteiger partial charge on any atom is -0.387 e. The molecule has 0 aromatic carbocycles. The monoisotopic (exact) mass is 381 g/mol. The first kappa shape index (κ1) is 15.1.